The Labute approximate surface area is 739 Å². The summed E-state index contributed by atoms with van der Waals surface area (Å²) in [4.78, 5) is 233. The molecule has 0 saturated carbocycles. The highest BCUT2D eigenvalue weighted by Gasteiger charge is 2.45. The SMILES string of the molecule is C[C@]1(C(=O)NCCOCCOCCNC(=O)C(CNC(=O)O[C@H]2CC/C=C/CCC2)S(=O)(=O)O)CC/C=C/[C@@H](OC(=O)NCCOCCOCCN2C(=O)C=CC2=O)CC1.C[C@]1(C(=O)ON2C(=O)CCC2=O)CC/C=C/[C@@H](OC(=O)NCCOCCOCCN2C(=O)C=CC2=O)CC1.C[C@]1(C(=O)ON2C(=O)CCC2=O)CC/C=C/[C@@H](OC(=O)ON2C(=O)CCC2=O)CC1. The summed E-state index contributed by atoms with van der Waals surface area (Å²) in [5.41, 5.74) is -2.65. The molecule has 0 radical (unpaired) electrons. The molecule has 4 aliphatic carbocycles. The molecule has 128 heavy (non-hydrogen) atoms. The van der Waals surface area contributed by atoms with Crippen LogP contribution in [0.15, 0.2) is 72.9 Å². The molecule has 0 aromatic heterocycles. The first-order chi connectivity index (χ1) is 61.2. The second-order valence-electron chi connectivity index (χ2n) is 31.4. The van der Waals surface area contributed by atoms with Crippen LogP contribution in [0.3, 0.4) is 0 Å². The van der Waals surface area contributed by atoms with Crippen LogP contribution in [0.1, 0.15) is 168 Å². The average molecular weight is 1830 g/mol. The fourth-order valence-corrected chi connectivity index (χ4v) is 14.3. The molecule has 3 saturated heterocycles. The van der Waals surface area contributed by atoms with Crippen molar-refractivity contribution in [2.75, 3.05) is 125 Å². The normalized spacial score (nSPS) is 24.3. The summed E-state index contributed by atoms with van der Waals surface area (Å²) in [6, 6.07) is 0. The number of nitrogens with zero attached hydrogens (tertiary/aromatic N) is 5. The Kier molecular flexibility index (Phi) is 43.4. The van der Waals surface area contributed by atoms with Crippen molar-refractivity contribution in [2.24, 2.45) is 16.2 Å². The number of carbonyl (C=O) groups is 18. The van der Waals surface area contributed by atoms with Crippen molar-refractivity contribution < 1.29 is 161 Å². The standard InChI is InChI=1S/C39H61N5O15S.C25H33N3O10.C19H22N2O9/c1-39(15-8-7-11-31(14-16-39)59-37(49)42-19-23-56-27-28-57-24-20-44-33(45)12-13-34(44)46)36(48)41-18-22-55-26-25-54-21-17-40-35(47)32(60(51,52)53)29-43-38(50)58-30-9-5-3-2-4-6-10-30;1-25(23(33)38-28-21(31)7-8-22(28)32)10-3-2-4-18(9-11-25)37-24(34)26-12-14-35-16-17-36-15-13-27-19(29)5-6-20(27)30;1-19(17(26)29-20-13(22)5-6-14(20)23)10-3-2-4-12(9-11-19)28-18(27)30-21-15(24)7-8-16(21)25/h2-3,7,11-13,30-32H,4-6,8-10,14-29H2,1H3,(H,40,47)(H,41,48)(H,42,49)(H,43,50)(H,51,52,53);2,4-6,18H,3,7-17H2,1H3,(H,26,34);2,4,12H,3,5-11H2,1H3/b3-2+,11-7+;2*4-2+/t30-,31+,32?,39-;18-,25+;12-,19+/m011/s1. The lowest BCUT2D eigenvalue weighted by Crippen LogP contribution is -2.48. The molecule has 1 unspecified atom stereocenters. The van der Waals surface area contributed by atoms with Gasteiger partial charge in [0.2, 0.25) is 11.8 Å². The van der Waals surface area contributed by atoms with Gasteiger partial charge in [-0.3, -0.25) is 76.7 Å². The number of hydroxylamine groups is 6. The number of amides is 15. The van der Waals surface area contributed by atoms with Gasteiger partial charge >= 0.3 is 36.4 Å². The first kappa shape index (κ1) is 104. The Morgan fingerprint density at radius 1 is 0.391 bits per heavy atom. The molecule has 0 aromatic carbocycles. The van der Waals surface area contributed by atoms with Crippen LogP contribution in [0.5, 0.6) is 0 Å². The van der Waals surface area contributed by atoms with Gasteiger partial charge in [-0.05, 0) is 141 Å². The largest absolute Gasteiger partial charge is 0.534 e. The van der Waals surface area contributed by atoms with Crippen molar-refractivity contribution in [3.63, 3.8) is 0 Å². The van der Waals surface area contributed by atoms with Crippen LogP contribution in [-0.4, -0.2) is 300 Å². The fraction of sp³-hybridized carbons (Fsp3) is 0.639. The van der Waals surface area contributed by atoms with Crippen molar-refractivity contribution in [3.8, 4) is 0 Å². The van der Waals surface area contributed by atoms with Crippen LogP contribution in [0.4, 0.5) is 19.2 Å². The molecule has 0 bridgehead atoms. The minimum Gasteiger partial charge on any atom is -0.446 e. The highest BCUT2D eigenvalue weighted by Crippen LogP contribution is 2.38. The Balaban J connectivity index is 0.000000282. The number of imide groups is 5. The van der Waals surface area contributed by atoms with Gasteiger partial charge in [-0.15, -0.1) is 10.1 Å². The van der Waals surface area contributed by atoms with Crippen LogP contribution in [0.2, 0.25) is 0 Å². The van der Waals surface area contributed by atoms with Gasteiger partial charge < -0.3 is 83.6 Å². The fourth-order valence-electron chi connectivity index (χ4n) is 13.7. The Morgan fingerprint density at radius 3 is 1.16 bits per heavy atom. The van der Waals surface area contributed by atoms with Gasteiger partial charge in [-0.1, -0.05) is 42.4 Å². The van der Waals surface area contributed by atoms with Crippen LogP contribution in [-0.2, 0) is 139 Å². The van der Waals surface area contributed by atoms with Crippen LogP contribution in [0, 0.1) is 16.2 Å². The number of ether oxygens (including phenoxy) is 10. The van der Waals surface area contributed by atoms with E-state index in [-0.39, 0.29) is 206 Å². The topological polar surface area (TPSA) is 558 Å². The number of carbonyl (C=O) groups excluding carboxylic acids is 18. The molecule has 44 nitrogen and oxygen atoms in total. The number of hydrogen-bond donors (Lipinski definition) is 6. The van der Waals surface area contributed by atoms with E-state index in [1.54, 1.807) is 32.1 Å². The Morgan fingerprint density at radius 2 is 0.742 bits per heavy atom. The number of rotatable bonds is 41. The minimum atomic E-state index is -4.83. The van der Waals surface area contributed by atoms with E-state index in [1.807, 2.05) is 31.2 Å². The molecular weight excluding hydrogens is 1710 g/mol. The van der Waals surface area contributed by atoms with Crippen molar-refractivity contribution >= 4 is 117 Å². The molecule has 8 atom stereocenters. The molecule has 15 amide bonds. The van der Waals surface area contributed by atoms with Crippen molar-refractivity contribution in [1.29, 1.82) is 0 Å². The smallest absolute Gasteiger partial charge is 0.446 e. The summed E-state index contributed by atoms with van der Waals surface area (Å²) in [6.07, 6.45) is 23.1. The molecule has 0 aromatic rings. The zero-order valence-corrected chi connectivity index (χ0v) is 72.9. The zero-order chi connectivity index (χ0) is 93.1. The van der Waals surface area contributed by atoms with Crippen LogP contribution >= 0.6 is 0 Å². The Bertz CT molecular complexity index is 4150. The first-order valence-electron chi connectivity index (χ1n) is 42.6. The van der Waals surface area contributed by atoms with Crippen LogP contribution < -0.4 is 26.6 Å². The van der Waals surface area contributed by atoms with E-state index in [4.69, 9.17) is 57.0 Å². The molecule has 3 fully saturated rings. The highest BCUT2D eigenvalue weighted by molar-refractivity contribution is 7.87. The molecular formula is C83H116N10O34S. The highest BCUT2D eigenvalue weighted by atomic mass is 32.2. The molecule has 5 aliphatic heterocycles. The molecule has 45 heteroatoms. The first-order valence-corrected chi connectivity index (χ1v) is 44.1. The van der Waals surface area contributed by atoms with Crippen molar-refractivity contribution in [1.82, 2.24) is 51.6 Å². The maximum atomic E-state index is 13.1. The van der Waals surface area contributed by atoms with Gasteiger partial charge in [0.1, 0.15) is 24.4 Å². The van der Waals surface area contributed by atoms with Crippen LogP contribution in [0.25, 0.3) is 0 Å². The maximum Gasteiger partial charge on any atom is 0.534 e. The predicted molar refractivity (Wildman–Crippen MR) is 439 cm³/mol. The minimum absolute atomic E-state index is 0.00557. The van der Waals surface area contributed by atoms with Crippen molar-refractivity contribution in [3.05, 3.63) is 72.9 Å². The van der Waals surface area contributed by atoms with E-state index in [9.17, 15) is 99.3 Å². The second-order valence-corrected chi connectivity index (χ2v) is 33.0. The lowest BCUT2D eigenvalue weighted by molar-refractivity contribution is -0.205. The van der Waals surface area contributed by atoms with Gasteiger partial charge in [0, 0.05) is 101 Å². The third-order valence-electron chi connectivity index (χ3n) is 21.4. The summed E-state index contributed by atoms with van der Waals surface area (Å²) in [6.45, 7) is 8.00. The monoisotopic (exact) mass is 1830 g/mol. The van der Waals surface area contributed by atoms with E-state index in [2.05, 4.69) is 37.5 Å². The zero-order valence-electron chi connectivity index (χ0n) is 72.1. The van der Waals surface area contributed by atoms with Gasteiger partial charge in [-0.25, -0.2) is 28.8 Å². The van der Waals surface area contributed by atoms with Gasteiger partial charge in [-0.2, -0.15) is 8.42 Å². The van der Waals surface area contributed by atoms with E-state index in [0.717, 1.165) is 29.1 Å². The number of hydrogen-bond acceptors (Lipinski definition) is 33. The quantitative estimate of drug-likeness (QED) is 0.0127. The summed E-state index contributed by atoms with van der Waals surface area (Å²) in [5.74, 6) is -7.36. The molecule has 6 N–H and O–H groups in total. The maximum absolute atomic E-state index is 13.1. The van der Waals surface area contributed by atoms with E-state index >= 15 is 0 Å². The van der Waals surface area contributed by atoms with E-state index in [0.29, 0.717) is 92.2 Å². The van der Waals surface area contributed by atoms with Gasteiger partial charge in [0.15, 0.2) is 5.25 Å². The second kappa shape index (κ2) is 53.5. The number of nitrogens with one attached hydrogen (secondary N) is 5. The Hall–Kier alpha value is -11.2. The van der Waals surface area contributed by atoms with Crippen molar-refractivity contribution in [2.45, 2.75) is 198 Å². The molecule has 708 valence electrons. The lowest BCUT2D eigenvalue weighted by atomic mass is 9.78. The molecule has 9 aliphatic rings. The average Bonchev–Trinajstić information content (AvgIpc) is 1.63. The van der Waals surface area contributed by atoms with Gasteiger partial charge in [0.25, 0.3) is 69.2 Å². The van der Waals surface area contributed by atoms with E-state index < -0.39 is 134 Å². The predicted octanol–water partition coefficient (Wildman–Crippen LogP) is 3.41. The molecule has 0 spiro atoms. The summed E-state index contributed by atoms with van der Waals surface area (Å²) >= 11 is 0. The van der Waals surface area contributed by atoms with Gasteiger partial charge in [0.05, 0.1) is 103 Å². The third-order valence-corrected chi connectivity index (χ3v) is 22.5. The summed E-state index contributed by atoms with van der Waals surface area (Å²) in [7, 11) is -4.83. The number of alkyl carbamates (subject to hydrolysis) is 3. The number of allylic oxidation sites excluding steroid dienone is 5. The summed E-state index contributed by atoms with van der Waals surface area (Å²) in [5, 5.41) is 12.3. The molecule has 9 rings (SSSR count). The van der Waals surface area contributed by atoms with E-state index in [1.165, 1.54) is 24.3 Å². The molecule has 5 heterocycles. The third kappa shape index (κ3) is 35.8. The summed E-state index contributed by atoms with van der Waals surface area (Å²) < 4.78 is 87.2. The lowest BCUT2D eigenvalue weighted by Gasteiger charge is -2.30.